The summed E-state index contributed by atoms with van der Waals surface area (Å²) >= 11 is 0. The van der Waals surface area contributed by atoms with Gasteiger partial charge in [0.1, 0.15) is 17.6 Å². The molecule has 4 heteroatoms. The first-order valence-corrected chi connectivity index (χ1v) is 6.84. The van der Waals surface area contributed by atoms with E-state index in [2.05, 4.69) is 16.0 Å². The summed E-state index contributed by atoms with van der Waals surface area (Å²) in [6, 6.07) is 12.1. The van der Waals surface area contributed by atoms with Gasteiger partial charge in [0.15, 0.2) is 0 Å². The van der Waals surface area contributed by atoms with Crippen molar-refractivity contribution in [2.24, 2.45) is 0 Å². The van der Waals surface area contributed by atoms with Gasteiger partial charge < -0.3 is 14.6 Å². The molecule has 0 spiro atoms. The van der Waals surface area contributed by atoms with E-state index in [1.807, 2.05) is 30.3 Å². The summed E-state index contributed by atoms with van der Waals surface area (Å²) in [4.78, 5) is 5.64. The minimum absolute atomic E-state index is 0.713. The molecule has 2 aromatic rings. The average Bonchev–Trinajstić information content (AvgIpc) is 3.15. The lowest BCUT2D eigenvalue weighted by Crippen LogP contribution is -2.18. The van der Waals surface area contributed by atoms with Crippen molar-refractivity contribution in [1.82, 2.24) is 4.98 Å². The van der Waals surface area contributed by atoms with Crippen molar-refractivity contribution < 1.29 is 4.74 Å². The predicted octanol–water partition coefficient (Wildman–Crippen LogP) is 3.16. The Labute approximate surface area is 118 Å². The first-order valence-electron chi connectivity index (χ1n) is 6.84. The van der Waals surface area contributed by atoms with E-state index in [1.54, 1.807) is 7.11 Å². The van der Waals surface area contributed by atoms with Gasteiger partial charge in [-0.3, -0.25) is 0 Å². The summed E-state index contributed by atoms with van der Waals surface area (Å²) in [6.45, 7) is 2.04. The standard InChI is InChI=1S/C16H17N3O/c1-20-14-6-4-5-12(9-14)15-10-13(11-17)16(18-15)19-7-2-3-8-19/h4-6,9-10,18H,2-3,7-8H2,1H3. The molecule has 1 saturated heterocycles. The molecule has 20 heavy (non-hydrogen) atoms. The highest BCUT2D eigenvalue weighted by Crippen LogP contribution is 2.30. The lowest BCUT2D eigenvalue weighted by atomic mass is 10.1. The van der Waals surface area contributed by atoms with E-state index in [-0.39, 0.29) is 0 Å². The number of ether oxygens (including phenoxy) is 1. The summed E-state index contributed by atoms with van der Waals surface area (Å²) in [7, 11) is 1.66. The molecule has 0 radical (unpaired) electrons. The van der Waals surface area contributed by atoms with E-state index in [9.17, 15) is 5.26 Å². The second-order valence-corrected chi connectivity index (χ2v) is 4.98. The Bertz CT molecular complexity index is 648. The van der Waals surface area contributed by atoms with Crippen LogP contribution in [0.2, 0.25) is 0 Å². The number of anilines is 1. The summed E-state index contributed by atoms with van der Waals surface area (Å²) in [5.74, 6) is 1.76. The maximum Gasteiger partial charge on any atom is 0.124 e. The summed E-state index contributed by atoms with van der Waals surface area (Å²) < 4.78 is 5.25. The number of nitrogens with zero attached hydrogens (tertiary/aromatic N) is 2. The zero-order valence-electron chi connectivity index (χ0n) is 11.5. The van der Waals surface area contributed by atoms with Crippen molar-refractivity contribution in [3.05, 3.63) is 35.9 Å². The minimum Gasteiger partial charge on any atom is -0.497 e. The highest BCUT2D eigenvalue weighted by Gasteiger charge is 2.19. The van der Waals surface area contributed by atoms with Gasteiger partial charge >= 0.3 is 0 Å². The van der Waals surface area contributed by atoms with Gasteiger partial charge in [0.05, 0.1) is 12.7 Å². The molecule has 102 valence electrons. The van der Waals surface area contributed by atoms with Gasteiger partial charge in [-0.25, -0.2) is 0 Å². The highest BCUT2D eigenvalue weighted by atomic mass is 16.5. The van der Waals surface area contributed by atoms with E-state index in [0.717, 1.165) is 35.9 Å². The molecule has 0 unspecified atom stereocenters. The zero-order valence-corrected chi connectivity index (χ0v) is 11.5. The Morgan fingerprint density at radius 3 is 2.75 bits per heavy atom. The number of nitrogens with one attached hydrogen (secondary N) is 1. The number of methoxy groups -OCH3 is 1. The fraction of sp³-hybridized carbons (Fsp3) is 0.312. The number of rotatable bonds is 3. The molecule has 0 saturated carbocycles. The molecule has 0 atom stereocenters. The van der Waals surface area contributed by atoms with Gasteiger partial charge in [0, 0.05) is 24.3 Å². The number of benzene rings is 1. The molecular formula is C16H17N3O. The molecule has 2 heterocycles. The van der Waals surface area contributed by atoms with Crippen molar-refractivity contribution in [1.29, 1.82) is 5.26 Å². The molecule has 0 aliphatic carbocycles. The van der Waals surface area contributed by atoms with Crippen LogP contribution in [0.15, 0.2) is 30.3 Å². The quantitative estimate of drug-likeness (QED) is 0.929. The summed E-state index contributed by atoms with van der Waals surface area (Å²) in [6.07, 6.45) is 2.39. The SMILES string of the molecule is COc1cccc(-c2cc(C#N)c(N3CCCC3)[nH]2)c1. The van der Waals surface area contributed by atoms with Crippen LogP contribution in [-0.2, 0) is 0 Å². The molecule has 3 rings (SSSR count). The Balaban J connectivity index is 2.00. The number of aromatic amines is 1. The normalized spacial score (nSPS) is 14.3. The fourth-order valence-corrected chi connectivity index (χ4v) is 2.67. The lowest BCUT2D eigenvalue weighted by molar-refractivity contribution is 0.415. The van der Waals surface area contributed by atoms with Gasteiger partial charge in [-0.1, -0.05) is 12.1 Å². The third-order valence-corrected chi connectivity index (χ3v) is 3.72. The monoisotopic (exact) mass is 267 g/mol. The largest absolute Gasteiger partial charge is 0.497 e. The van der Waals surface area contributed by atoms with Gasteiger partial charge in [-0.15, -0.1) is 0 Å². The van der Waals surface area contributed by atoms with Crippen molar-refractivity contribution in [3.8, 4) is 23.1 Å². The van der Waals surface area contributed by atoms with Crippen LogP contribution in [-0.4, -0.2) is 25.2 Å². The van der Waals surface area contributed by atoms with Crippen LogP contribution in [0.25, 0.3) is 11.3 Å². The number of hydrogen-bond donors (Lipinski definition) is 1. The zero-order chi connectivity index (χ0) is 13.9. The smallest absolute Gasteiger partial charge is 0.124 e. The summed E-state index contributed by atoms with van der Waals surface area (Å²) in [5.41, 5.74) is 2.71. The topological polar surface area (TPSA) is 52.0 Å². The molecule has 1 fully saturated rings. The van der Waals surface area contributed by atoms with E-state index < -0.39 is 0 Å². The lowest BCUT2D eigenvalue weighted by Gasteiger charge is -2.15. The van der Waals surface area contributed by atoms with Crippen LogP contribution in [0.5, 0.6) is 5.75 Å². The average molecular weight is 267 g/mol. The molecule has 0 bridgehead atoms. The van der Waals surface area contributed by atoms with E-state index in [0.29, 0.717) is 5.56 Å². The Morgan fingerprint density at radius 2 is 2.05 bits per heavy atom. The minimum atomic E-state index is 0.713. The molecule has 1 aliphatic rings. The van der Waals surface area contributed by atoms with Crippen LogP contribution in [0.3, 0.4) is 0 Å². The predicted molar refractivity (Wildman–Crippen MR) is 78.9 cm³/mol. The molecule has 0 amide bonds. The van der Waals surface area contributed by atoms with Gasteiger partial charge in [-0.05, 0) is 31.0 Å². The van der Waals surface area contributed by atoms with Gasteiger partial charge in [0.2, 0.25) is 0 Å². The van der Waals surface area contributed by atoms with Crippen molar-refractivity contribution in [2.45, 2.75) is 12.8 Å². The summed E-state index contributed by atoms with van der Waals surface area (Å²) in [5, 5.41) is 9.32. The van der Waals surface area contributed by atoms with Crippen molar-refractivity contribution in [3.63, 3.8) is 0 Å². The molecule has 4 nitrogen and oxygen atoms in total. The third-order valence-electron chi connectivity index (χ3n) is 3.72. The second kappa shape index (κ2) is 5.30. The Morgan fingerprint density at radius 1 is 1.25 bits per heavy atom. The maximum absolute atomic E-state index is 9.32. The van der Waals surface area contributed by atoms with Crippen LogP contribution in [0.1, 0.15) is 18.4 Å². The first kappa shape index (κ1) is 12.6. The highest BCUT2D eigenvalue weighted by molar-refractivity contribution is 5.70. The van der Waals surface area contributed by atoms with Gasteiger partial charge in [0.25, 0.3) is 0 Å². The third kappa shape index (κ3) is 2.23. The molecule has 1 aromatic carbocycles. The first-order chi connectivity index (χ1) is 9.81. The molecular weight excluding hydrogens is 250 g/mol. The van der Waals surface area contributed by atoms with Crippen LogP contribution >= 0.6 is 0 Å². The maximum atomic E-state index is 9.32. The Kier molecular flexibility index (Phi) is 3.34. The van der Waals surface area contributed by atoms with Crippen molar-refractivity contribution in [2.75, 3.05) is 25.1 Å². The van der Waals surface area contributed by atoms with Crippen LogP contribution < -0.4 is 9.64 Å². The number of aromatic nitrogens is 1. The molecule has 1 N–H and O–H groups in total. The van der Waals surface area contributed by atoms with Crippen LogP contribution in [0.4, 0.5) is 5.82 Å². The van der Waals surface area contributed by atoms with E-state index in [1.165, 1.54) is 12.8 Å². The number of H-pyrrole nitrogens is 1. The number of hydrogen-bond acceptors (Lipinski definition) is 3. The Hall–Kier alpha value is -2.41. The fourth-order valence-electron chi connectivity index (χ4n) is 2.67. The van der Waals surface area contributed by atoms with E-state index >= 15 is 0 Å². The second-order valence-electron chi connectivity index (χ2n) is 4.98. The van der Waals surface area contributed by atoms with Gasteiger partial charge in [-0.2, -0.15) is 5.26 Å². The molecule has 1 aliphatic heterocycles. The number of nitriles is 1. The van der Waals surface area contributed by atoms with Crippen molar-refractivity contribution >= 4 is 5.82 Å². The van der Waals surface area contributed by atoms with E-state index in [4.69, 9.17) is 4.74 Å². The molecule has 1 aromatic heterocycles. The van der Waals surface area contributed by atoms with Crippen LogP contribution in [0, 0.1) is 11.3 Å².